The Morgan fingerprint density at radius 2 is 1.76 bits per heavy atom. The third-order valence-corrected chi connectivity index (χ3v) is 4.69. The molecule has 10 heteroatoms. The highest BCUT2D eigenvalue weighted by atomic mass is 32.2. The van der Waals surface area contributed by atoms with Crippen LogP contribution in [0.4, 0.5) is 24.9 Å². The first-order valence-electron chi connectivity index (χ1n) is 6.17. The lowest BCUT2D eigenvalue weighted by Crippen LogP contribution is -2.41. The van der Waals surface area contributed by atoms with Crippen LogP contribution in [0, 0.1) is 0 Å². The van der Waals surface area contributed by atoms with Crippen molar-refractivity contribution in [3.05, 3.63) is 11.8 Å². The van der Waals surface area contributed by atoms with Gasteiger partial charge in [-0.3, -0.25) is 0 Å². The standard InChI is InChI=1S/C11H15F3N4O2S/c1-17(2)9-7-8(11(12,13)14)15-10(16-9)18-3-5-21(19,20)6-4-18/h7H,3-6H2,1-2H3. The van der Waals surface area contributed by atoms with Crippen LogP contribution >= 0.6 is 0 Å². The number of hydrogen-bond acceptors (Lipinski definition) is 6. The first-order valence-corrected chi connectivity index (χ1v) is 7.99. The molecule has 118 valence electrons. The molecule has 1 fully saturated rings. The number of hydrogen-bond donors (Lipinski definition) is 0. The molecule has 0 N–H and O–H groups in total. The summed E-state index contributed by atoms with van der Waals surface area (Å²) in [6.45, 7) is 0.188. The average Bonchev–Trinajstić information content (AvgIpc) is 2.37. The summed E-state index contributed by atoms with van der Waals surface area (Å²) < 4.78 is 61.4. The van der Waals surface area contributed by atoms with E-state index in [1.165, 1.54) is 9.80 Å². The van der Waals surface area contributed by atoms with Crippen LogP contribution in [0.5, 0.6) is 0 Å². The van der Waals surface area contributed by atoms with Gasteiger partial charge in [-0.05, 0) is 0 Å². The maximum Gasteiger partial charge on any atom is 0.433 e. The fourth-order valence-electron chi connectivity index (χ4n) is 1.85. The molecule has 2 heterocycles. The first-order chi connectivity index (χ1) is 9.58. The molecule has 2 rings (SSSR count). The second kappa shape index (κ2) is 5.32. The Morgan fingerprint density at radius 3 is 2.24 bits per heavy atom. The predicted molar refractivity (Wildman–Crippen MR) is 72.2 cm³/mol. The molecule has 1 aromatic heterocycles. The molecule has 0 amide bonds. The van der Waals surface area contributed by atoms with Gasteiger partial charge in [-0.15, -0.1) is 0 Å². The summed E-state index contributed by atoms with van der Waals surface area (Å²) in [5, 5.41) is 0. The normalized spacial score (nSPS) is 18.6. The van der Waals surface area contributed by atoms with E-state index in [1.54, 1.807) is 14.1 Å². The molecule has 6 nitrogen and oxygen atoms in total. The van der Waals surface area contributed by atoms with E-state index in [-0.39, 0.29) is 36.4 Å². The van der Waals surface area contributed by atoms with Gasteiger partial charge in [0.2, 0.25) is 5.95 Å². The minimum absolute atomic E-state index is 0.0938. The SMILES string of the molecule is CN(C)c1cc(C(F)(F)F)nc(N2CCS(=O)(=O)CC2)n1. The van der Waals surface area contributed by atoms with Crippen molar-refractivity contribution in [3.63, 3.8) is 0 Å². The Kier molecular flexibility index (Phi) is 4.00. The van der Waals surface area contributed by atoms with E-state index in [0.717, 1.165) is 6.07 Å². The van der Waals surface area contributed by atoms with Gasteiger partial charge >= 0.3 is 6.18 Å². The molecule has 0 atom stereocenters. The van der Waals surface area contributed by atoms with Crippen LogP contribution in [-0.4, -0.2) is 57.1 Å². The molecular weight excluding hydrogens is 309 g/mol. The summed E-state index contributed by atoms with van der Waals surface area (Å²) >= 11 is 0. The Balaban J connectivity index is 2.37. The fraction of sp³-hybridized carbons (Fsp3) is 0.636. The van der Waals surface area contributed by atoms with E-state index < -0.39 is 21.7 Å². The van der Waals surface area contributed by atoms with E-state index in [0.29, 0.717) is 0 Å². The van der Waals surface area contributed by atoms with Crippen LogP contribution in [0.3, 0.4) is 0 Å². The molecule has 1 aromatic rings. The highest BCUT2D eigenvalue weighted by Gasteiger charge is 2.35. The molecule has 0 aromatic carbocycles. The Hall–Kier alpha value is -1.58. The second-order valence-electron chi connectivity index (χ2n) is 4.94. The van der Waals surface area contributed by atoms with Crippen molar-refractivity contribution < 1.29 is 21.6 Å². The highest BCUT2D eigenvalue weighted by Crippen LogP contribution is 2.31. The first kappa shape index (κ1) is 15.8. The molecule has 0 radical (unpaired) electrons. The van der Waals surface area contributed by atoms with Crippen LogP contribution in [0.1, 0.15) is 5.69 Å². The second-order valence-corrected chi connectivity index (χ2v) is 7.25. The van der Waals surface area contributed by atoms with Gasteiger partial charge in [-0.2, -0.15) is 18.2 Å². The fourth-order valence-corrected chi connectivity index (χ4v) is 3.05. The zero-order valence-corrected chi connectivity index (χ0v) is 12.4. The zero-order valence-electron chi connectivity index (χ0n) is 11.6. The number of halogens is 3. The highest BCUT2D eigenvalue weighted by molar-refractivity contribution is 7.91. The molecule has 1 aliphatic rings. The summed E-state index contributed by atoms with van der Waals surface area (Å²) in [5.41, 5.74) is -1.04. The minimum atomic E-state index is -4.58. The van der Waals surface area contributed by atoms with Crippen molar-refractivity contribution in [2.75, 3.05) is 48.5 Å². The summed E-state index contributed by atoms with van der Waals surface area (Å²) in [5.74, 6) is -0.183. The van der Waals surface area contributed by atoms with Crippen molar-refractivity contribution in [2.45, 2.75) is 6.18 Å². The van der Waals surface area contributed by atoms with E-state index in [9.17, 15) is 21.6 Å². The van der Waals surface area contributed by atoms with Gasteiger partial charge in [0.25, 0.3) is 0 Å². The molecule has 0 unspecified atom stereocenters. The maximum absolute atomic E-state index is 12.9. The molecule has 0 bridgehead atoms. The Labute approximate surface area is 120 Å². The van der Waals surface area contributed by atoms with E-state index in [2.05, 4.69) is 9.97 Å². The van der Waals surface area contributed by atoms with Crippen molar-refractivity contribution in [3.8, 4) is 0 Å². The lowest BCUT2D eigenvalue weighted by Gasteiger charge is -2.28. The Bertz CT molecular complexity index is 617. The number of anilines is 2. The van der Waals surface area contributed by atoms with E-state index >= 15 is 0 Å². The molecule has 0 saturated carbocycles. The van der Waals surface area contributed by atoms with Gasteiger partial charge in [0.1, 0.15) is 5.82 Å². The average molecular weight is 324 g/mol. The monoisotopic (exact) mass is 324 g/mol. The maximum atomic E-state index is 12.9. The molecule has 21 heavy (non-hydrogen) atoms. The van der Waals surface area contributed by atoms with Crippen molar-refractivity contribution in [1.29, 1.82) is 0 Å². The molecule has 1 saturated heterocycles. The third kappa shape index (κ3) is 3.74. The summed E-state index contributed by atoms with van der Waals surface area (Å²) in [6.07, 6.45) is -4.58. The number of alkyl halides is 3. The number of aromatic nitrogens is 2. The van der Waals surface area contributed by atoms with Crippen LogP contribution in [-0.2, 0) is 16.0 Å². The van der Waals surface area contributed by atoms with E-state index in [4.69, 9.17) is 0 Å². The van der Waals surface area contributed by atoms with Crippen LogP contribution in [0.25, 0.3) is 0 Å². The van der Waals surface area contributed by atoms with Crippen molar-refractivity contribution in [2.24, 2.45) is 0 Å². The quantitative estimate of drug-likeness (QED) is 0.801. The summed E-state index contributed by atoms with van der Waals surface area (Å²) in [6, 6.07) is 0.865. The molecule has 0 spiro atoms. The summed E-state index contributed by atoms with van der Waals surface area (Å²) in [4.78, 5) is 10.5. The predicted octanol–water partition coefficient (Wildman–Crippen LogP) is 0.796. The zero-order chi connectivity index (χ0) is 15.8. The van der Waals surface area contributed by atoms with Gasteiger partial charge < -0.3 is 9.80 Å². The van der Waals surface area contributed by atoms with Gasteiger partial charge in [-0.1, -0.05) is 0 Å². The topological polar surface area (TPSA) is 66.4 Å². The molecular formula is C11H15F3N4O2S. The number of sulfone groups is 1. The molecule has 0 aliphatic carbocycles. The number of rotatable bonds is 2. The van der Waals surface area contributed by atoms with Crippen LogP contribution in [0.2, 0.25) is 0 Å². The largest absolute Gasteiger partial charge is 0.433 e. The lowest BCUT2D eigenvalue weighted by atomic mass is 10.3. The smallest absolute Gasteiger partial charge is 0.363 e. The third-order valence-electron chi connectivity index (χ3n) is 3.08. The van der Waals surface area contributed by atoms with E-state index in [1.807, 2.05) is 0 Å². The lowest BCUT2D eigenvalue weighted by molar-refractivity contribution is -0.141. The minimum Gasteiger partial charge on any atom is -0.363 e. The number of nitrogens with zero attached hydrogens (tertiary/aromatic N) is 4. The van der Waals surface area contributed by atoms with Crippen molar-refractivity contribution >= 4 is 21.6 Å². The van der Waals surface area contributed by atoms with Crippen LogP contribution < -0.4 is 9.80 Å². The van der Waals surface area contributed by atoms with Gasteiger partial charge in [-0.25, -0.2) is 13.4 Å². The summed E-state index contributed by atoms with van der Waals surface area (Å²) in [7, 11) is 0.0341. The van der Waals surface area contributed by atoms with Crippen molar-refractivity contribution in [1.82, 2.24) is 9.97 Å². The van der Waals surface area contributed by atoms with Gasteiger partial charge in [0.15, 0.2) is 15.5 Å². The van der Waals surface area contributed by atoms with Gasteiger partial charge in [0, 0.05) is 33.3 Å². The van der Waals surface area contributed by atoms with Crippen LogP contribution in [0.15, 0.2) is 6.07 Å². The van der Waals surface area contributed by atoms with Gasteiger partial charge in [0.05, 0.1) is 11.5 Å². The Morgan fingerprint density at radius 1 is 1.19 bits per heavy atom. The molecule has 1 aliphatic heterocycles.